The molecule has 0 spiro atoms. The molecule has 2 saturated heterocycles. The van der Waals surface area contributed by atoms with Gasteiger partial charge in [-0.05, 0) is 24.5 Å². The molecule has 2 fully saturated rings. The first-order valence-electron chi connectivity index (χ1n) is 9.14. The maximum Gasteiger partial charge on any atom is 0.193 e. The van der Waals surface area contributed by atoms with Crippen LogP contribution < -0.4 is 5.32 Å². The van der Waals surface area contributed by atoms with E-state index in [1.165, 1.54) is 6.07 Å². The Kier molecular flexibility index (Phi) is 6.42. The fourth-order valence-corrected chi connectivity index (χ4v) is 3.59. The summed E-state index contributed by atoms with van der Waals surface area (Å²) in [5.74, 6) is 1.06. The van der Waals surface area contributed by atoms with Crippen LogP contribution in [0.2, 0.25) is 0 Å². The average Bonchev–Trinajstić information content (AvgIpc) is 3.12. The summed E-state index contributed by atoms with van der Waals surface area (Å²) in [5, 5.41) is 12.1. The lowest BCUT2D eigenvalue weighted by molar-refractivity contribution is 0.0315. The molecule has 0 saturated carbocycles. The summed E-state index contributed by atoms with van der Waals surface area (Å²) in [6.45, 7) is 7.07. The van der Waals surface area contributed by atoms with Crippen LogP contribution in [0, 0.1) is 23.1 Å². The molecule has 0 bridgehead atoms. The van der Waals surface area contributed by atoms with Gasteiger partial charge in [-0.2, -0.15) is 5.26 Å². The van der Waals surface area contributed by atoms with E-state index in [2.05, 4.69) is 20.1 Å². The van der Waals surface area contributed by atoms with E-state index in [9.17, 15) is 4.39 Å². The second-order valence-electron chi connectivity index (χ2n) is 6.83. The van der Waals surface area contributed by atoms with Gasteiger partial charge in [-0.15, -0.1) is 0 Å². The van der Waals surface area contributed by atoms with Crippen LogP contribution in [-0.4, -0.2) is 68.7 Å². The van der Waals surface area contributed by atoms with Crippen molar-refractivity contribution in [2.24, 2.45) is 10.9 Å². The van der Waals surface area contributed by atoms with Crippen LogP contribution in [0.15, 0.2) is 23.2 Å². The lowest BCUT2D eigenvalue weighted by Crippen LogP contribution is -2.42. The first-order chi connectivity index (χ1) is 12.7. The first-order valence-corrected chi connectivity index (χ1v) is 9.14. The zero-order chi connectivity index (χ0) is 18.4. The van der Waals surface area contributed by atoms with Crippen molar-refractivity contribution in [1.29, 1.82) is 5.26 Å². The number of nitrogens with one attached hydrogen (secondary N) is 1. The van der Waals surface area contributed by atoms with Gasteiger partial charge >= 0.3 is 0 Å². The largest absolute Gasteiger partial charge is 0.379 e. The van der Waals surface area contributed by atoms with E-state index in [0.29, 0.717) is 23.6 Å². The van der Waals surface area contributed by atoms with Gasteiger partial charge in [0.1, 0.15) is 5.82 Å². The minimum Gasteiger partial charge on any atom is -0.379 e. The molecule has 2 heterocycles. The van der Waals surface area contributed by atoms with E-state index in [0.717, 1.165) is 58.3 Å². The maximum absolute atomic E-state index is 14.0. The highest BCUT2D eigenvalue weighted by Crippen LogP contribution is 2.18. The summed E-state index contributed by atoms with van der Waals surface area (Å²) in [6, 6.07) is 6.51. The fourth-order valence-electron chi connectivity index (χ4n) is 3.59. The molecule has 1 unspecified atom stereocenters. The van der Waals surface area contributed by atoms with Crippen molar-refractivity contribution in [1.82, 2.24) is 15.1 Å². The molecular weight excluding hydrogens is 333 g/mol. The van der Waals surface area contributed by atoms with Gasteiger partial charge in [-0.3, -0.25) is 9.89 Å². The highest BCUT2D eigenvalue weighted by molar-refractivity contribution is 5.80. The molecule has 1 atom stereocenters. The Morgan fingerprint density at radius 3 is 2.88 bits per heavy atom. The van der Waals surface area contributed by atoms with Crippen LogP contribution in [0.5, 0.6) is 0 Å². The number of likely N-dealkylation sites (tertiary alicyclic amines) is 1. The minimum absolute atomic E-state index is 0.334. The summed E-state index contributed by atoms with van der Waals surface area (Å²) in [5.41, 5.74) is 0.871. The van der Waals surface area contributed by atoms with Crippen molar-refractivity contribution in [3.63, 3.8) is 0 Å². The van der Waals surface area contributed by atoms with E-state index < -0.39 is 0 Å². The van der Waals surface area contributed by atoms with E-state index >= 15 is 0 Å². The number of hydrogen-bond donors (Lipinski definition) is 1. The Balaban J connectivity index is 1.51. The monoisotopic (exact) mass is 359 g/mol. The van der Waals surface area contributed by atoms with Crippen LogP contribution in [-0.2, 0) is 11.3 Å². The molecule has 140 valence electrons. The third-order valence-electron chi connectivity index (χ3n) is 5.04. The van der Waals surface area contributed by atoms with Gasteiger partial charge in [0.05, 0.1) is 24.8 Å². The number of benzene rings is 1. The van der Waals surface area contributed by atoms with Crippen LogP contribution >= 0.6 is 0 Å². The summed E-state index contributed by atoms with van der Waals surface area (Å²) < 4.78 is 19.4. The number of nitriles is 1. The van der Waals surface area contributed by atoms with Gasteiger partial charge in [-0.1, -0.05) is 6.07 Å². The SMILES string of the molecule is CN=C(NCc1ccc(C#N)cc1F)N1CCC(CN2CCOCC2)C1. The summed E-state index contributed by atoms with van der Waals surface area (Å²) in [6.07, 6.45) is 1.14. The van der Waals surface area contributed by atoms with E-state index in [-0.39, 0.29) is 5.82 Å². The van der Waals surface area contributed by atoms with Gasteiger partial charge in [0, 0.05) is 51.9 Å². The number of halogens is 1. The van der Waals surface area contributed by atoms with Crippen LogP contribution in [0.4, 0.5) is 4.39 Å². The molecule has 26 heavy (non-hydrogen) atoms. The Hall–Kier alpha value is -2.17. The summed E-state index contributed by atoms with van der Waals surface area (Å²) in [4.78, 5) is 9.07. The number of rotatable bonds is 4. The molecule has 0 amide bonds. The molecule has 0 radical (unpaired) electrons. The molecule has 6 nitrogen and oxygen atoms in total. The van der Waals surface area contributed by atoms with Crippen LogP contribution in [0.25, 0.3) is 0 Å². The highest BCUT2D eigenvalue weighted by atomic mass is 19.1. The molecule has 0 aliphatic carbocycles. The third kappa shape index (κ3) is 4.71. The molecule has 1 aromatic rings. The van der Waals surface area contributed by atoms with Crippen molar-refractivity contribution in [2.75, 3.05) is 53.0 Å². The maximum atomic E-state index is 14.0. The Morgan fingerprint density at radius 1 is 1.38 bits per heavy atom. The lowest BCUT2D eigenvalue weighted by Gasteiger charge is -2.29. The first kappa shape index (κ1) is 18.6. The molecule has 3 rings (SSSR count). The highest BCUT2D eigenvalue weighted by Gasteiger charge is 2.27. The van der Waals surface area contributed by atoms with Crippen molar-refractivity contribution in [3.8, 4) is 6.07 Å². The topological polar surface area (TPSA) is 63.9 Å². The second-order valence-corrected chi connectivity index (χ2v) is 6.83. The number of aliphatic imine (C=N–C) groups is 1. The van der Waals surface area contributed by atoms with Gasteiger partial charge in [0.2, 0.25) is 0 Å². The zero-order valence-corrected chi connectivity index (χ0v) is 15.2. The summed E-state index contributed by atoms with van der Waals surface area (Å²) in [7, 11) is 1.76. The summed E-state index contributed by atoms with van der Waals surface area (Å²) >= 11 is 0. The van der Waals surface area contributed by atoms with Crippen LogP contribution in [0.3, 0.4) is 0 Å². The smallest absolute Gasteiger partial charge is 0.193 e. The number of morpholine rings is 1. The van der Waals surface area contributed by atoms with Crippen molar-refractivity contribution in [2.45, 2.75) is 13.0 Å². The molecule has 7 heteroatoms. The zero-order valence-electron chi connectivity index (χ0n) is 15.2. The van der Waals surface area contributed by atoms with Crippen LogP contribution in [0.1, 0.15) is 17.5 Å². The molecule has 1 N–H and O–H groups in total. The number of ether oxygens (including phenoxy) is 1. The van der Waals surface area contributed by atoms with Gasteiger partial charge < -0.3 is 15.0 Å². The Labute approximate surface area is 154 Å². The molecular formula is C19H26FN5O. The quantitative estimate of drug-likeness (QED) is 0.651. The number of guanidine groups is 1. The molecule has 2 aliphatic heterocycles. The van der Waals surface area contributed by atoms with E-state index in [1.807, 2.05) is 6.07 Å². The molecule has 2 aliphatic rings. The van der Waals surface area contributed by atoms with E-state index in [4.69, 9.17) is 10.00 Å². The predicted molar refractivity (Wildman–Crippen MR) is 98.3 cm³/mol. The van der Waals surface area contributed by atoms with Gasteiger partial charge in [0.25, 0.3) is 0 Å². The Bertz CT molecular complexity index is 681. The van der Waals surface area contributed by atoms with Gasteiger partial charge in [0.15, 0.2) is 5.96 Å². The third-order valence-corrected chi connectivity index (χ3v) is 5.04. The van der Waals surface area contributed by atoms with E-state index in [1.54, 1.807) is 19.2 Å². The lowest BCUT2D eigenvalue weighted by atomic mass is 10.1. The van der Waals surface area contributed by atoms with Crippen molar-refractivity contribution in [3.05, 3.63) is 35.1 Å². The van der Waals surface area contributed by atoms with Crippen molar-refractivity contribution >= 4 is 5.96 Å². The average molecular weight is 359 g/mol. The second kappa shape index (κ2) is 8.97. The van der Waals surface area contributed by atoms with Gasteiger partial charge in [-0.25, -0.2) is 4.39 Å². The standard InChI is InChI=1S/C19H26FN5O/c1-22-19(23-12-17-3-2-15(11-21)10-18(17)20)25-5-4-16(14-25)13-24-6-8-26-9-7-24/h2-3,10,16H,4-9,12-14H2,1H3,(H,22,23). The molecule has 0 aromatic heterocycles. The fraction of sp³-hybridized carbons (Fsp3) is 0.579. The minimum atomic E-state index is -0.362. The predicted octanol–water partition coefficient (Wildman–Crippen LogP) is 1.43. The Morgan fingerprint density at radius 2 is 2.19 bits per heavy atom. The molecule has 1 aromatic carbocycles. The normalized spacial score (nSPS) is 21.7. The van der Waals surface area contributed by atoms with Crippen molar-refractivity contribution < 1.29 is 9.13 Å². The number of nitrogens with zero attached hydrogens (tertiary/aromatic N) is 4. The number of hydrogen-bond acceptors (Lipinski definition) is 4.